The van der Waals surface area contributed by atoms with E-state index in [-0.39, 0.29) is 11.9 Å². The lowest BCUT2D eigenvalue weighted by atomic mass is 10.1. The lowest BCUT2D eigenvalue weighted by Crippen LogP contribution is -2.22. The molecule has 0 radical (unpaired) electrons. The summed E-state index contributed by atoms with van der Waals surface area (Å²) in [6.45, 7) is 1.01. The Bertz CT molecular complexity index is 327. The molecule has 1 fully saturated rings. The largest absolute Gasteiger partial charge is 0.355 e. The maximum Gasteiger partial charge on any atom is 0.254 e. The van der Waals surface area contributed by atoms with Gasteiger partial charge in [-0.3, -0.25) is 9.89 Å². The molecule has 0 saturated carbocycles. The Morgan fingerprint density at radius 3 is 3.21 bits per heavy atom. The van der Waals surface area contributed by atoms with Crippen LogP contribution >= 0.6 is 0 Å². The molecule has 1 aromatic heterocycles. The predicted molar refractivity (Wildman–Crippen MR) is 52.0 cm³/mol. The molecule has 0 bridgehead atoms. The lowest BCUT2D eigenvalue weighted by molar-refractivity contribution is 0.0961. The first-order valence-electron chi connectivity index (χ1n) is 4.81. The van der Waals surface area contributed by atoms with Crippen molar-refractivity contribution in [3.8, 4) is 0 Å². The number of carbonyl (C=O) groups excluding carboxylic acids is 1. The van der Waals surface area contributed by atoms with E-state index < -0.39 is 0 Å². The van der Waals surface area contributed by atoms with Gasteiger partial charge in [0.05, 0.1) is 17.5 Å². The highest BCUT2D eigenvalue weighted by atomic mass is 16.1. The number of aromatic nitrogens is 2. The molecule has 2 heterocycles. The number of hydrogen-bond donors (Lipinski definition) is 3. The van der Waals surface area contributed by atoms with Crippen LogP contribution in [0, 0.1) is 0 Å². The van der Waals surface area contributed by atoms with Crippen molar-refractivity contribution < 1.29 is 4.79 Å². The van der Waals surface area contributed by atoms with Gasteiger partial charge in [-0.2, -0.15) is 5.10 Å². The predicted octanol–water partition coefficient (Wildman–Crippen LogP) is 0.194. The van der Waals surface area contributed by atoms with Gasteiger partial charge in [-0.05, 0) is 19.4 Å². The zero-order valence-corrected chi connectivity index (χ0v) is 8.13. The Hall–Kier alpha value is -1.36. The van der Waals surface area contributed by atoms with E-state index in [0.29, 0.717) is 5.56 Å². The molecule has 0 spiro atoms. The Labute approximate surface area is 82.3 Å². The van der Waals surface area contributed by atoms with Crippen LogP contribution in [0.1, 0.15) is 34.9 Å². The maximum atomic E-state index is 11.5. The third kappa shape index (κ3) is 1.50. The summed E-state index contributed by atoms with van der Waals surface area (Å²) >= 11 is 0. The smallest absolute Gasteiger partial charge is 0.254 e. The van der Waals surface area contributed by atoms with E-state index in [1.807, 2.05) is 0 Å². The molecule has 76 valence electrons. The molecule has 0 aliphatic carbocycles. The molecule has 1 amide bonds. The van der Waals surface area contributed by atoms with Gasteiger partial charge in [0, 0.05) is 13.1 Å². The molecular formula is C9H14N4O. The van der Waals surface area contributed by atoms with Crippen LogP contribution < -0.4 is 10.6 Å². The topological polar surface area (TPSA) is 69.8 Å². The van der Waals surface area contributed by atoms with Gasteiger partial charge >= 0.3 is 0 Å². The van der Waals surface area contributed by atoms with E-state index in [1.165, 1.54) is 0 Å². The van der Waals surface area contributed by atoms with Crippen LogP contribution in [-0.2, 0) is 0 Å². The standard InChI is InChI=1S/C9H14N4O/c1-10-9(14)6-5-12-13-8(6)7-3-2-4-11-7/h5,7,11H,2-4H2,1H3,(H,10,14)(H,12,13). The van der Waals surface area contributed by atoms with E-state index >= 15 is 0 Å². The van der Waals surface area contributed by atoms with E-state index in [1.54, 1.807) is 13.2 Å². The lowest BCUT2D eigenvalue weighted by Gasteiger charge is -2.09. The average molecular weight is 194 g/mol. The number of amides is 1. The van der Waals surface area contributed by atoms with Crippen molar-refractivity contribution in [2.45, 2.75) is 18.9 Å². The average Bonchev–Trinajstić information content (AvgIpc) is 2.85. The summed E-state index contributed by atoms with van der Waals surface area (Å²) in [7, 11) is 1.63. The van der Waals surface area contributed by atoms with Crippen LogP contribution in [-0.4, -0.2) is 29.7 Å². The number of hydrogen-bond acceptors (Lipinski definition) is 3. The van der Waals surface area contributed by atoms with Crippen LogP contribution in [0.15, 0.2) is 6.20 Å². The van der Waals surface area contributed by atoms with Crippen LogP contribution in [0.2, 0.25) is 0 Å². The van der Waals surface area contributed by atoms with E-state index in [0.717, 1.165) is 25.1 Å². The summed E-state index contributed by atoms with van der Waals surface area (Å²) in [4.78, 5) is 11.5. The van der Waals surface area contributed by atoms with Crippen LogP contribution in [0.25, 0.3) is 0 Å². The number of rotatable bonds is 2. The molecule has 5 heteroatoms. The van der Waals surface area contributed by atoms with Crippen molar-refractivity contribution >= 4 is 5.91 Å². The van der Waals surface area contributed by atoms with Gasteiger partial charge in [0.25, 0.3) is 5.91 Å². The highest BCUT2D eigenvalue weighted by Gasteiger charge is 2.23. The molecule has 0 aromatic carbocycles. The second-order valence-electron chi connectivity index (χ2n) is 3.43. The monoisotopic (exact) mass is 194 g/mol. The molecule has 1 aliphatic rings. The quantitative estimate of drug-likeness (QED) is 0.629. The van der Waals surface area contributed by atoms with Gasteiger partial charge in [-0.25, -0.2) is 0 Å². The zero-order chi connectivity index (χ0) is 9.97. The van der Waals surface area contributed by atoms with Crippen molar-refractivity contribution in [3.63, 3.8) is 0 Å². The van der Waals surface area contributed by atoms with Gasteiger partial charge in [0.2, 0.25) is 0 Å². The van der Waals surface area contributed by atoms with Crippen LogP contribution in [0.5, 0.6) is 0 Å². The summed E-state index contributed by atoms with van der Waals surface area (Å²) in [6, 6.07) is 0.254. The minimum absolute atomic E-state index is 0.0811. The minimum atomic E-state index is -0.0811. The van der Waals surface area contributed by atoms with Gasteiger partial charge in [0.1, 0.15) is 0 Å². The molecule has 1 aromatic rings. The fourth-order valence-corrected chi connectivity index (χ4v) is 1.81. The van der Waals surface area contributed by atoms with Crippen molar-refractivity contribution in [2.24, 2.45) is 0 Å². The third-order valence-corrected chi connectivity index (χ3v) is 2.55. The molecule has 2 rings (SSSR count). The van der Waals surface area contributed by atoms with Crippen LogP contribution in [0.4, 0.5) is 0 Å². The Kier molecular flexibility index (Phi) is 2.49. The van der Waals surface area contributed by atoms with Gasteiger partial charge < -0.3 is 10.6 Å². The molecule has 3 N–H and O–H groups in total. The molecule has 1 unspecified atom stereocenters. The van der Waals surface area contributed by atoms with Crippen molar-refractivity contribution in [1.82, 2.24) is 20.8 Å². The fraction of sp³-hybridized carbons (Fsp3) is 0.556. The van der Waals surface area contributed by atoms with E-state index in [4.69, 9.17) is 0 Å². The zero-order valence-electron chi connectivity index (χ0n) is 8.13. The van der Waals surface area contributed by atoms with Crippen molar-refractivity contribution in [1.29, 1.82) is 0 Å². The first kappa shape index (κ1) is 9.21. The summed E-state index contributed by atoms with van der Waals surface area (Å²) < 4.78 is 0. The van der Waals surface area contributed by atoms with E-state index in [9.17, 15) is 4.79 Å². The number of carbonyl (C=O) groups is 1. The normalized spacial score (nSPS) is 21.1. The molecule has 1 atom stereocenters. The number of nitrogens with one attached hydrogen (secondary N) is 3. The maximum absolute atomic E-state index is 11.5. The van der Waals surface area contributed by atoms with Gasteiger partial charge in [-0.15, -0.1) is 0 Å². The summed E-state index contributed by atoms with van der Waals surface area (Å²) in [5.41, 5.74) is 1.55. The van der Waals surface area contributed by atoms with E-state index in [2.05, 4.69) is 20.8 Å². The highest BCUT2D eigenvalue weighted by Crippen LogP contribution is 2.23. The second kappa shape index (κ2) is 3.79. The molecular weight excluding hydrogens is 180 g/mol. The number of H-pyrrole nitrogens is 1. The second-order valence-corrected chi connectivity index (χ2v) is 3.43. The Morgan fingerprint density at radius 1 is 1.71 bits per heavy atom. The Balaban J connectivity index is 2.24. The van der Waals surface area contributed by atoms with Gasteiger partial charge in [0.15, 0.2) is 0 Å². The molecule has 14 heavy (non-hydrogen) atoms. The van der Waals surface area contributed by atoms with Crippen LogP contribution in [0.3, 0.4) is 0 Å². The minimum Gasteiger partial charge on any atom is -0.355 e. The first-order chi connectivity index (χ1) is 6.83. The van der Waals surface area contributed by atoms with Gasteiger partial charge in [-0.1, -0.05) is 0 Å². The summed E-state index contributed by atoms with van der Waals surface area (Å²) in [6.07, 6.45) is 3.79. The molecule has 5 nitrogen and oxygen atoms in total. The van der Waals surface area contributed by atoms with Crippen molar-refractivity contribution in [2.75, 3.05) is 13.6 Å². The highest BCUT2D eigenvalue weighted by molar-refractivity contribution is 5.94. The van der Waals surface area contributed by atoms with Crippen molar-refractivity contribution in [3.05, 3.63) is 17.5 Å². The number of nitrogens with zero attached hydrogens (tertiary/aromatic N) is 1. The molecule has 1 aliphatic heterocycles. The first-order valence-corrected chi connectivity index (χ1v) is 4.81. The third-order valence-electron chi connectivity index (χ3n) is 2.55. The SMILES string of the molecule is CNC(=O)c1cn[nH]c1C1CCCN1. The summed E-state index contributed by atoms with van der Waals surface area (Å²) in [5.74, 6) is -0.0811. The summed E-state index contributed by atoms with van der Waals surface area (Å²) in [5, 5.41) is 12.7. The fourth-order valence-electron chi connectivity index (χ4n) is 1.81. The molecule has 1 saturated heterocycles. The number of aromatic amines is 1. The Morgan fingerprint density at radius 2 is 2.57 bits per heavy atom.